The van der Waals surface area contributed by atoms with Crippen LogP contribution >= 0.6 is 0 Å². The van der Waals surface area contributed by atoms with Gasteiger partial charge in [-0.25, -0.2) is 0 Å². The van der Waals surface area contributed by atoms with Crippen LogP contribution in [0.2, 0.25) is 0 Å². The molecule has 2 aliphatic rings. The van der Waals surface area contributed by atoms with Gasteiger partial charge in [0, 0.05) is 19.8 Å². The number of methoxy groups -OCH3 is 1. The molecule has 0 bridgehead atoms. The van der Waals surface area contributed by atoms with Crippen LogP contribution in [-0.4, -0.2) is 32.0 Å². The molecule has 2 atom stereocenters. The first kappa shape index (κ1) is 12.3. The Morgan fingerprint density at radius 3 is 2.75 bits per heavy atom. The summed E-state index contributed by atoms with van der Waals surface area (Å²) in [5, 5.41) is 0. The second-order valence-electron chi connectivity index (χ2n) is 5.20. The maximum Gasteiger partial charge on any atom is 0.0694 e. The van der Waals surface area contributed by atoms with E-state index in [0.717, 1.165) is 26.1 Å². The van der Waals surface area contributed by atoms with Gasteiger partial charge < -0.3 is 9.47 Å². The maximum absolute atomic E-state index is 5.68. The van der Waals surface area contributed by atoms with E-state index >= 15 is 0 Å². The fourth-order valence-electron chi connectivity index (χ4n) is 2.91. The zero-order valence-corrected chi connectivity index (χ0v) is 10.2. The molecule has 94 valence electrons. The summed E-state index contributed by atoms with van der Waals surface area (Å²) in [4.78, 5) is 0. The van der Waals surface area contributed by atoms with Crippen LogP contribution in [0.1, 0.15) is 38.5 Å². The molecule has 1 heterocycles. The SMILES string of the molecule is COC1(CC(NN)C2CCCOC2)CCC1. The van der Waals surface area contributed by atoms with Crippen molar-refractivity contribution in [2.24, 2.45) is 11.8 Å². The van der Waals surface area contributed by atoms with Crippen molar-refractivity contribution in [1.82, 2.24) is 5.43 Å². The third-order valence-electron chi connectivity index (χ3n) is 4.27. The van der Waals surface area contributed by atoms with Gasteiger partial charge in [-0.05, 0) is 44.4 Å². The lowest BCUT2D eigenvalue weighted by atomic mass is 9.73. The minimum atomic E-state index is 0.0917. The standard InChI is InChI=1S/C12H24N2O2/c1-15-12(5-3-6-12)8-11(14-13)10-4-2-7-16-9-10/h10-11,14H,2-9,13H2,1H3. The lowest BCUT2D eigenvalue weighted by Crippen LogP contribution is -2.51. The van der Waals surface area contributed by atoms with Crippen molar-refractivity contribution in [2.45, 2.75) is 50.2 Å². The lowest BCUT2D eigenvalue weighted by Gasteiger charge is -2.44. The van der Waals surface area contributed by atoms with E-state index in [0.29, 0.717) is 12.0 Å². The van der Waals surface area contributed by atoms with Gasteiger partial charge in [-0.2, -0.15) is 0 Å². The highest BCUT2D eigenvalue weighted by Gasteiger charge is 2.40. The highest BCUT2D eigenvalue weighted by molar-refractivity contribution is 4.94. The van der Waals surface area contributed by atoms with Crippen molar-refractivity contribution in [3.63, 3.8) is 0 Å². The molecule has 1 aliphatic heterocycles. The Morgan fingerprint density at radius 1 is 1.50 bits per heavy atom. The summed E-state index contributed by atoms with van der Waals surface area (Å²) < 4.78 is 11.2. The molecule has 0 amide bonds. The summed E-state index contributed by atoms with van der Waals surface area (Å²) in [6, 6.07) is 0.334. The molecule has 2 unspecified atom stereocenters. The fourth-order valence-corrected chi connectivity index (χ4v) is 2.91. The number of rotatable bonds is 5. The largest absolute Gasteiger partial charge is 0.381 e. The zero-order chi connectivity index (χ0) is 11.4. The average molecular weight is 228 g/mol. The van der Waals surface area contributed by atoms with E-state index in [1.165, 1.54) is 25.7 Å². The molecule has 2 rings (SSSR count). The minimum absolute atomic E-state index is 0.0917. The van der Waals surface area contributed by atoms with Gasteiger partial charge in [0.2, 0.25) is 0 Å². The second kappa shape index (κ2) is 5.45. The fraction of sp³-hybridized carbons (Fsp3) is 1.00. The van der Waals surface area contributed by atoms with E-state index < -0.39 is 0 Å². The van der Waals surface area contributed by atoms with Crippen molar-refractivity contribution >= 4 is 0 Å². The van der Waals surface area contributed by atoms with E-state index in [4.69, 9.17) is 15.3 Å². The molecule has 4 heteroatoms. The molecular weight excluding hydrogens is 204 g/mol. The van der Waals surface area contributed by atoms with E-state index in [2.05, 4.69) is 5.43 Å². The van der Waals surface area contributed by atoms with Gasteiger partial charge in [0.25, 0.3) is 0 Å². The monoisotopic (exact) mass is 228 g/mol. The molecule has 16 heavy (non-hydrogen) atoms. The summed E-state index contributed by atoms with van der Waals surface area (Å²) in [7, 11) is 1.82. The van der Waals surface area contributed by atoms with Gasteiger partial charge in [-0.3, -0.25) is 11.3 Å². The smallest absolute Gasteiger partial charge is 0.0694 e. The first-order valence-electron chi connectivity index (χ1n) is 6.39. The maximum atomic E-state index is 5.68. The Labute approximate surface area is 97.8 Å². The molecule has 1 saturated heterocycles. The van der Waals surface area contributed by atoms with E-state index in [1.54, 1.807) is 0 Å². The molecule has 2 fully saturated rings. The first-order valence-corrected chi connectivity index (χ1v) is 6.39. The number of ether oxygens (including phenoxy) is 2. The predicted octanol–water partition coefficient (Wildman–Crippen LogP) is 1.20. The molecule has 4 nitrogen and oxygen atoms in total. The highest BCUT2D eigenvalue weighted by Crippen LogP contribution is 2.40. The molecule has 3 N–H and O–H groups in total. The zero-order valence-electron chi connectivity index (χ0n) is 10.2. The van der Waals surface area contributed by atoms with E-state index in [9.17, 15) is 0 Å². The molecule has 0 spiro atoms. The Morgan fingerprint density at radius 2 is 2.31 bits per heavy atom. The van der Waals surface area contributed by atoms with Gasteiger partial charge in [-0.15, -0.1) is 0 Å². The summed E-state index contributed by atoms with van der Waals surface area (Å²) in [5.74, 6) is 6.23. The van der Waals surface area contributed by atoms with Gasteiger partial charge in [0.05, 0.1) is 12.2 Å². The molecule has 1 saturated carbocycles. The van der Waals surface area contributed by atoms with Crippen LogP contribution < -0.4 is 11.3 Å². The van der Waals surface area contributed by atoms with Crippen molar-refractivity contribution in [1.29, 1.82) is 0 Å². The molecule has 0 aromatic heterocycles. The van der Waals surface area contributed by atoms with Crippen molar-refractivity contribution < 1.29 is 9.47 Å². The third-order valence-corrected chi connectivity index (χ3v) is 4.27. The predicted molar refractivity (Wildman–Crippen MR) is 62.9 cm³/mol. The molecule has 1 aliphatic carbocycles. The highest BCUT2D eigenvalue weighted by atomic mass is 16.5. The minimum Gasteiger partial charge on any atom is -0.381 e. The number of hydrazine groups is 1. The number of nitrogens with two attached hydrogens (primary N) is 1. The average Bonchev–Trinajstić information content (AvgIpc) is 2.30. The first-order chi connectivity index (χ1) is 7.79. The van der Waals surface area contributed by atoms with Crippen LogP contribution in [0.4, 0.5) is 0 Å². The number of nitrogens with one attached hydrogen (secondary N) is 1. The van der Waals surface area contributed by atoms with Crippen molar-refractivity contribution in [3.8, 4) is 0 Å². The Kier molecular flexibility index (Phi) is 4.19. The lowest BCUT2D eigenvalue weighted by molar-refractivity contribution is -0.0918. The van der Waals surface area contributed by atoms with Crippen LogP contribution in [0.25, 0.3) is 0 Å². The third kappa shape index (κ3) is 2.56. The van der Waals surface area contributed by atoms with Gasteiger partial charge in [0.15, 0.2) is 0 Å². The number of hydrogen-bond donors (Lipinski definition) is 2. The van der Waals surface area contributed by atoms with Crippen LogP contribution in [0.3, 0.4) is 0 Å². The van der Waals surface area contributed by atoms with Crippen LogP contribution in [0.15, 0.2) is 0 Å². The molecule has 0 aromatic rings. The normalized spacial score (nSPS) is 30.8. The van der Waals surface area contributed by atoms with E-state index in [1.807, 2.05) is 7.11 Å². The number of hydrogen-bond acceptors (Lipinski definition) is 4. The van der Waals surface area contributed by atoms with Gasteiger partial charge >= 0.3 is 0 Å². The van der Waals surface area contributed by atoms with Crippen LogP contribution in [0, 0.1) is 5.92 Å². The van der Waals surface area contributed by atoms with Crippen LogP contribution in [-0.2, 0) is 9.47 Å². The van der Waals surface area contributed by atoms with Gasteiger partial charge in [-0.1, -0.05) is 0 Å². The van der Waals surface area contributed by atoms with E-state index in [-0.39, 0.29) is 5.60 Å². The van der Waals surface area contributed by atoms with Crippen LogP contribution in [0.5, 0.6) is 0 Å². The summed E-state index contributed by atoms with van der Waals surface area (Å²) in [5.41, 5.74) is 3.06. The second-order valence-corrected chi connectivity index (χ2v) is 5.20. The summed E-state index contributed by atoms with van der Waals surface area (Å²) >= 11 is 0. The molecule has 0 radical (unpaired) electrons. The summed E-state index contributed by atoms with van der Waals surface area (Å²) in [6.07, 6.45) is 7.03. The summed E-state index contributed by atoms with van der Waals surface area (Å²) in [6.45, 7) is 1.75. The Hall–Kier alpha value is -0.160. The quantitative estimate of drug-likeness (QED) is 0.548. The molecular formula is C12H24N2O2. The Bertz CT molecular complexity index is 208. The Balaban J connectivity index is 1.88. The van der Waals surface area contributed by atoms with Gasteiger partial charge in [0.1, 0.15) is 0 Å². The topological polar surface area (TPSA) is 56.5 Å². The molecule has 0 aromatic carbocycles. The van der Waals surface area contributed by atoms with Crippen molar-refractivity contribution in [3.05, 3.63) is 0 Å². The van der Waals surface area contributed by atoms with Crippen molar-refractivity contribution in [2.75, 3.05) is 20.3 Å².